The third-order valence-corrected chi connectivity index (χ3v) is 2.13. The number of rotatable bonds is 2. The molecule has 0 aliphatic carbocycles. The number of nitrogen functional groups attached to an aromatic ring is 1. The van der Waals surface area contributed by atoms with Crippen LogP contribution in [0.4, 0.5) is 5.69 Å². The largest absolute Gasteiger partial charge is 0.479 e. The molecule has 5 heteroatoms. The van der Waals surface area contributed by atoms with Crippen LogP contribution in [-0.4, -0.2) is 22.1 Å². The summed E-state index contributed by atoms with van der Waals surface area (Å²) in [7, 11) is 1.56. The fourth-order valence-corrected chi connectivity index (χ4v) is 1.30. The van der Waals surface area contributed by atoms with E-state index in [-0.39, 0.29) is 0 Å². The average Bonchev–Trinajstić information content (AvgIpc) is 2.70. The van der Waals surface area contributed by atoms with E-state index < -0.39 is 0 Å². The minimum atomic E-state index is 0.483. The van der Waals surface area contributed by atoms with E-state index in [9.17, 15) is 0 Å². The number of hydrogen-bond acceptors (Lipinski definition) is 4. The molecular formula is C10H12N4O. The van der Waals surface area contributed by atoms with Crippen LogP contribution in [0.5, 0.6) is 5.88 Å². The summed E-state index contributed by atoms with van der Waals surface area (Å²) in [5, 5.41) is 8.21. The Morgan fingerprint density at radius 3 is 2.87 bits per heavy atom. The maximum atomic E-state index is 5.70. The van der Waals surface area contributed by atoms with E-state index in [4.69, 9.17) is 10.5 Å². The van der Waals surface area contributed by atoms with Crippen molar-refractivity contribution in [2.24, 2.45) is 0 Å². The average molecular weight is 204 g/mol. The summed E-state index contributed by atoms with van der Waals surface area (Å²) in [6, 6.07) is 5.61. The molecule has 0 saturated heterocycles. The first-order valence-electron chi connectivity index (χ1n) is 4.53. The summed E-state index contributed by atoms with van der Waals surface area (Å²) < 4.78 is 4.96. The van der Waals surface area contributed by atoms with Crippen molar-refractivity contribution in [1.29, 1.82) is 0 Å². The first-order chi connectivity index (χ1) is 7.20. The first kappa shape index (κ1) is 9.51. The minimum absolute atomic E-state index is 0.483. The van der Waals surface area contributed by atoms with Crippen LogP contribution in [0.15, 0.2) is 24.4 Å². The second-order valence-corrected chi connectivity index (χ2v) is 3.22. The number of nitrogens with zero attached hydrogens (tertiary/aromatic N) is 3. The third kappa shape index (κ3) is 1.76. The van der Waals surface area contributed by atoms with E-state index in [2.05, 4.69) is 10.2 Å². The quantitative estimate of drug-likeness (QED) is 0.745. The smallest absolute Gasteiger partial charge is 0.253 e. The standard InChI is InChI=1S/C10H12N4O/c1-7-3-4-8(11)5-9(7)14-12-6-10(13-14)15-2/h3-6H,11H2,1-2H3. The number of methoxy groups -OCH3 is 1. The molecule has 15 heavy (non-hydrogen) atoms. The van der Waals surface area contributed by atoms with Gasteiger partial charge in [0.2, 0.25) is 0 Å². The molecule has 0 fully saturated rings. The molecule has 0 saturated carbocycles. The van der Waals surface area contributed by atoms with Crippen molar-refractivity contribution in [3.63, 3.8) is 0 Å². The van der Waals surface area contributed by atoms with E-state index in [1.165, 1.54) is 4.80 Å². The highest BCUT2D eigenvalue weighted by Gasteiger charge is 2.05. The number of aromatic nitrogens is 3. The van der Waals surface area contributed by atoms with Crippen molar-refractivity contribution in [3.8, 4) is 11.6 Å². The van der Waals surface area contributed by atoms with Gasteiger partial charge in [-0.05, 0) is 24.6 Å². The van der Waals surface area contributed by atoms with Gasteiger partial charge < -0.3 is 10.5 Å². The molecule has 0 aliphatic rings. The normalized spacial score (nSPS) is 10.3. The second-order valence-electron chi connectivity index (χ2n) is 3.22. The van der Waals surface area contributed by atoms with Gasteiger partial charge in [-0.2, -0.15) is 5.10 Å². The third-order valence-electron chi connectivity index (χ3n) is 2.13. The van der Waals surface area contributed by atoms with Crippen LogP contribution in [-0.2, 0) is 0 Å². The fourth-order valence-electron chi connectivity index (χ4n) is 1.30. The van der Waals surface area contributed by atoms with E-state index in [0.717, 1.165) is 11.3 Å². The lowest BCUT2D eigenvalue weighted by Gasteiger charge is -2.04. The van der Waals surface area contributed by atoms with Gasteiger partial charge in [0.25, 0.3) is 5.88 Å². The van der Waals surface area contributed by atoms with Gasteiger partial charge in [0.05, 0.1) is 12.8 Å². The molecule has 0 unspecified atom stereocenters. The molecule has 0 amide bonds. The van der Waals surface area contributed by atoms with Gasteiger partial charge in [-0.3, -0.25) is 0 Å². The molecule has 5 nitrogen and oxygen atoms in total. The number of benzene rings is 1. The number of ether oxygens (including phenoxy) is 1. The Balaban J connectivity index is 2.48. The first-order valence-corrected chi connectivity index (χ1v) is 4.53. The lowest BCUT2D eigenvalue weighted by Crippen LogP contribution is -2.02. The van der Waals surface area contributed by atoms with Crippen molar-refractivity contribution in [1.82, 2.24) is 15.0 Å². The van der Waals surface area contributed by atoms with Gasteiger partial charge in [0, 0.05) is 5.69 Å². The fraction of sp³-hybridized carbons (Fsp3) is 0.200. The zero-order valence-electron chi connectivity index (χ0n) is 8.64. The van der Waals surface area contributed by atoms with Crippen molar-refractivity contribution >= 4 is 5.69 Å². The number of aryl methyl sites for hydroxylation is 1. The summed E-state index contributed by atoms with van der Waals surface area (Å²) in [6.45, 7) is 1.98. The summed E-state index contributed by atoms with van der Waals surface area (Å²) in [5.74, 6) is 0.483. The van der Waals surface area contributed by atoms with Crippen molar-refractivity contribution in [2.75, 3.05) is 12.8 Å². The molecule has 0 bridgehead atoms. The Kier molecular flexibility index (Phi) is 2.29. The topological polar surface area (TPSA) is 66.0 Å². The molecule has 1 aromatic heterocycles. The van der Waals surface area contributed by atoms with Crippen molar-refractivity contribution in [3.05, 3.63) is 30.0 Å². The zero-order valence-corrected chi connectivity index (χ0v) is 8.64. The highest BCUT2D eigenvalue weighted by atomic mass is 16.5. The molecule has 0 radical (unpaired) electrons. The minimum Gasteiger partial charge on any atom is -0.479 e. The Bertz CT molecular complexity index is 478. The molecule has 0 atom stereocenters. The highest BCUT2D eigenvalue weighted by molar-refractivity contribution is 5.51. The van der Waals surface area contributed by atoms with Gasteiger partial charge in [0.15, 0.2) is 0 Å². The molecule has 2 rings (SSSR count). The Hall–Kier alpha value is -2.04. The Labute approximate surface area is 87.5 Å². The molecule has 1 aromatic carbocycles. The lowest BCUT2D eigenvalue weighted by atomic mass is 10.2. The van der Waals surface area contributed by atoms with E-state index >= 15 is 0 Å². The number of nitrogens with two attached hydrogens (primary N) is 1. The predicted octanol–water partition coefficient (Wildman–Crippen LogP) is 1.17. The summed E-state index contributed by atoms with van der Waals surface area (Å²) >= 11 is 0. The van der Waals surface area contributed by atoms with Gasteiger partial charge in [0.1, 0.15) is 6.20 Å². The Morgan fingerprint density at radius 1 is 1.40 bits per heavy atom. The maximum Gasteiger partial charge on any atom is 0.253 e. The molecule has 0 spiro atoms. The van der Waals surface area contributed by atoms with Gasteiger partial charge in [-0.25, -0.2) is 0 Å². The molecule has 0 aliphatic heterocycles. The highest BCUT2D eigenvalue weighted by Crippen LogP contribution is 2.16. The van der Waals surface area contributed by atoms with Crippen LogP contribution < -0.4 is 10.5 Å². The second kappa shape index (κ2) is 3.61. The van der Waals surface area contributed by atoms with Crippen LogP contribution >= 0.6 is 0 Å². The monoisotopic (exact) mass is 204 g/mol. The van der Waals surface area contributed by atoms with E-state index in [1.54, 1.807) is 13.3 Å². The van der Waals surface area contributed by atoms with Crippen LogP contribution in [0.2, 0.25) is 0 Å². The van der Waals surface area contributed by atoms with Crippen molar-refractivity contribution in [2.45, 2.75) is 6.92 Å². The molecule has 78 valence electrons. The van der Waals surface area contributed by atoms with Crippen LogP contribution in [0.3, 0.4) is 0 Å². The maximum absolute atomic E-state index is 5.70. The Morgan fingerprint density at radius 2 is 2.20 bits per heavy atom. The van der Waals surface area contributed by atoms with Gasteiger partial charge >= 0.3 is 0 Å². The zero-order chi connectivity index (χ0) is 10.8. The van der Waals surface area contributed by atoms with Gasteiger partial charge in [-0.1, -0.05) is 6.07 Å². The predicted molar refractivity (Wildman–Crippen MR) is 57.1 cm³/mol. The van der Waals surface area contributed by atoms with Crippen LogP contribution in [0.25, 0.3) is 5.69 Å². The number of anilines is 1. The summed E-state index contributed by atoms with van der Waals surface area (Å²) in [6.07, 6.45) is 1.56. The summed E-state index contributed by atoms with van der Waals surface area (Å²) in [4.78, 5) is 1.50. The molecule has 1 heterocycles. The summed E-state index contributed by atoms with van der Waals surface area (Å²) in [5.41, 5.74) is 8.31. The number of hydrogen-bond donors (Lipinski definition) is 1. The molecular weight excluding hydrogens is 192 g/mol. The van der Waals surface area contributed by atoms with Gasteiger partial charge in [-0.15, -0.1) is 9.90 Å². The molecule has 2 N–H and O–H groups in total. The molecule has 2 aromatic rings. The lowest BCUT2D eigenvalue weighted by molar-refractivity contribution is 0.394. The van der Waals surface area contributed by atoms with E-state index in [0.29, 0.717) is 11.6 Å². The van der Waals surface area contributed by atoms with Crippen molar-refractivity contribution < 1.29 is 4.74 Å². The van der Waals surface area contributed by atoms with E-state index in [1.807, 2.05) is 25.1 Å². The SMILES string of the molecule is COc1cnn(-c2cc(N)ccc2C)n1. The van der Waals surface area contributed by atoms with Crippen LogP contribution in [0.1, 0.15) is 5.56 Å². The van der Waals surface area contributed by atoms with Crippen LogP contribution in [0, 0.1) is 6.92 Å².